The molecule has 1 aromatic carbocycles. The summed E-state index contributed by atoms with van der Waals surface area (Å²) >= 11 is 0. The number of methoxy groups -OCH3 is 1. The minimum Gasteiger partial charge on any atom is -0.465 e. The maximum Gasteiger partial charge on any atom is 0.337 e. The van der Waals surface area contributed by atoms with Gasteiger partial charge in [0, 0.05) is 11.1 Å². The highest BCUT2D eigenvalue weighted by Crippen LogP contribution is 2.33. The van der Waals surface area contributed by atoms with E-state index < -0.39 is 23.9 Å². The largest absolute Gasteiger partial charge is 0.465 e. The third-order valence-corrected chi connectivity index (χ3v) is 4.41. The zero-order valence-electron chi connectivity index (χ0n) is 12.6. The summed E-state index contributed by atoms with van der Waals surface area (Å²) in [5.74, 6) is -1.13. The van der Waals surface area contributed by atoms with Crippen molar-refractivity contribution >= 4 is 11.9 Å². The minimum absolute atomic E-state index is 0.00398. The van der Waals surface area contributed by atoms with Crippen LogP contribution in [-0.2, 0) is 9.47 Å². The normalized spacial score (nSPS) is 23.2. The molecule has 2 bridgehead atoms. The third-order valence-electron chi connectivity index (χ3n) is 4.41. The van der Waals surface area contributed by atoms with Gasteiger partial charge >= 0.3 is 5.97 Å². The molecular weight excluding hydrogens is 308 g/mol. The van der Waals surface area contributed by atoms with Crippen LogP contribution in [0.15, 0.2) is 18.2 Å². The van der Waals surface area contributed by atoms with Crippen molar-refractivity contribution in [1.29, 1.82) is 0 Å². The van der Waals surface area contributed by atoms with E-state index in [4.69, 9.17) is 4.74 Å². The highest BCUT2D eigenvalue weighted by Gasteiger charge is 2.41. The third kappa shape index (κ3) is 2.81. The first-order valence-corrected chi connectivity index (χ1v) is 7.43. The zero-order valence-corrected chi connectivity index (χ0v) is 12.6. The fourth-order valence-electron chi connectivity index (χ4n) is 3.28. The maximum atomic E-state index is 13.4. The first-order valence-electron chi connectivity index (χ1n) is 7.43. The molecule has 5 nitrogen and oxygen atoms in total. The van der Waals surface area contributed by atoms with E-state index in [9.17, 15) is 18.4 Å². The van der Waals surface area contributed by atoms with Gasteiger partial charge in [-0.3, -0.25) is 4.79 Å². The molecule has 1 amide bonds. The van der Waals surface area contributed by atoms with Crippen molar-refractivity contribution in [3.05, 3.63) is 34.9 Å². The first kappa shape index (κ1) is 15.9. The molecule has 2 aliphatic heterocycles. The van der Waals surface area contributed by atoms with E-state index in [-0.39, 0.29) is 23.2 Å². The van der Waals surface area contributed by atoms with Crippen molar-refractivity contribution in [3.63, 3.8) is 0 Å². The van der Waals surface area contributed by atoms with Gasteiger partial charge in [0.15, 0.2) is 0 Å². The lowest BCUT2D eigenvalue weighted by molar-refractivity contribution is -0.00746. The second-order valence-electron chi connectivity index (χ2n) is 5.73. The van der Waals surface area contributed by atoms with Crippen molar-refractivity contribution in [2.45, 2.75) is 31.4 Å². The average molecular weight is 325 g/mol. The fraction of sp³-hybridized carbons (Fsp3) is 0.500. The maximum absolute atomic E-state index is 13.4. The van der Waals surface area contributed by atoms with Gasteiger partial charge in [-0.15, -0.1) is 0 Å². The summed E-state index contributed by atoms with van der Waals surface area (Å²) in [6.45, 7) is 0.874. The number of ether oxygens (including phenoxy) is 2. The van der Waals surface area contributed by atoms with Gasteiger partial charge in [-0.1, -0.05) is 0 Å². The lowest BCUT2D eigenvalue weighted by Crippen LogP contribution is -2.49. The summed E-state index contributed by atoms with van der Waals surface area (Å²) in [6, 6.07) is 3.53. The fourth-order valence-corrected chi connectivity index (χ4v) is 3.28. The Hall–Kier alpha value is -2.02. The Labute approximate surface area is 132 Å². The number of rotatable bonds is 3. The second kappa shape index (κ2) is 6.23. The smallest absolute Gasteiger partial charge is 0.337 e. The molecule has 124 valence electrons. The van der Waals surface area contributed by atoms with Crippen LogP contribution in [0.5, 0.6) is 0 Å². The molecule has 23 heavy (non-hydrogen) atoms. The van der Waals surface area contributed by atoms with Gasteiger partial charge < -0.3 is 14.4 Å². The molecule has 0 N–H and O–H groups in total. The summed E-state index contributed by atoms with van der Waals surface area (Å²) in [5.41, 5.74) is -0.500. The number of halogens is 2. The van der Waals surface area contributed by atoms with Crippen LogP contribution in [0, 0.1) is 0 Å². The van der Waals surface area contributed by atoms with Gasteiger partial charge in [0.25, 0.3) is 12.3 Å². The topological polar surface area (TPSA) is 55.8 Å². The molecule has 2 saturated heterocycles. The van der Waals surface area contributed by atoms with Crippen LogP contribution < -0.4 is 0 Å². The number of esters is 1. The number of nitrogens with zero attached hydrogens (tertiary/aromatic N) is 1. The molecule has 2 unspecified atom stereocenters. The summed E-state index contributed by atoms with van der Waals surface area (Å²) < 4.78 is 36.7. The number of carbonyl (C=O) groups excluding carboxylic acids is 2. The van der Waals surface area contributed by atoms with Crippen LogP contribution >= 0.6 is 0 Å². The quantitative estimate of drug-likeness (QED) is 0.801. The SMILES string of the molecule is COC(=O)c1ccc(C(=O)N2C3CCC2COC3)c(C(F)F)c1. The zero-order chi connectivity index (χ0) is 16.6. The number of fused-ring (bicyclic) bond motifs is 2. The van der Waals surface area contributed by atoms with E-state index in [1.165, 1.54) is 19.2 Å². The van der Waals surface area contributed by atoms with Crippen LogP contribution in [0.25, 0.3) is 0 Å². The summed E-state index contributed by atoms with van der Waals surface area (Å²) in [4.78, 5) is 25.9. The number of morpholine rings is 1. The molecule has 2 heterocycles. The summed E-state index contributed by atoms with van der Waals surface area (Å²) in [5, 5.41) is 0. The number of benzene rings is 1. The van der Waals surface area contributed by atoms with E-state index in [1.807, 2.05) is 0 Å². The minimum atomic E-state index is -2.85. The van der Waals surface area contributed by atoms with Crippen molar-refractivity contribution in [3.8, 4) is 0 Å². The first-order chi connectivity index (χ1) is 11.0. The van der Waals surface area contributed by atoms with E-state index >= 15 is 0 Å². The van der Waals surface area contributed by atoms with E-state index in [1.54, 1.807) is 4.90 Å². The second-order valence-corrected chi connectivity index (χ2v) is 5.73. The van der Waals surface area contributed by atoms with Crippen LogP contribution in [-0.4, -0.2) is 49.2 Å². The number of amides is 1. The lowest BCUT2D eigenvalue weighted by Gasteiger charge is -2.35. The predicted octanol–water partition coefficient (Wildman–Crippen LogP) is 2.41. The molecule has 0 spiro atoms. The van der Waals surface area contributed by atoms with Crippen LogP contribution in [0.1, 0.15) is 45.5 Å². The molecule has 0 radical (unpaired) electrons. The Morgan fingerprint density at radius 1 is 1.26 bits per heavy atom. The Balaban J connectivity index is 1.95. The van der Waals surface area contributed by atoms with E-state index in [2.05, 4.69) is 4.74 Å². The van der Waals surface area contributed by atoms with Gasteiger partial charge in [0.2, 0.25) is 0 Å². The average Bonchev–Trinajstić information content (AvgIpc) is 2.81. The van der Waals surface area contributed by atoms with Crippen LogP contribution in [0.2, 0.25) is 0 Å². The standard InChI is InChI=1S/C16H17F2NO4/c1-22-16(21)9-2-5-12(13(6-9)14(17)18)15(20)19-10-3-4-11(19)8-23-7-10/h2,5-6,10-11,14H,3-4,7-8H2,1H3. The van der Waals surface area contributed by atoms with Gasteiger partial charge in [-0.05, 0) is 31.0 Å². The van der Waals surface area contributed by atoms with Crippen LogP contribution in [0.3, 0.4) is 0 Å². The Morgan fingerprint density at radius 3 is 2.48 bits per heavy atom. The molecule has 7 heteroatoms. The summed E-state index contributed by atoms with van der Waals surface area (Å²) in [6.07, 6.45) is -1.21. The van der Waals surface area contributed by atoms with Gasteiger partial charge in [-0.2, -0.15) is 0 Å². The van der Waals surface area contributed by atoms with Gasteiger partial charge in [0.05, 0.1) is 38.0 Å². The Kier molecular flexibility index (Phi) is 4.30. The summed E-state index contributed by atoms with van der Waals surface area (Å²) in [7, 11) is 1.18. The molecule has 2 atom stereocenters. The lowest BCUT2D eigenvalue weighted by atomic mass is 10.0. The van der Waals surface area contributed by atoms with E-state index in [0.29, 0.717) is 13.2 Å². The van der Waals surface area contributed by atoms with Gasteiger partial charge in [0.1, 0.15) is 0 Å². The van der Waals surface area contributed by atoms with Crippen molar-refractivity contribution in [2.75, 3.05) is 20.3 Å². The van der Waals surface area contributed by atoms with E-state index in [0.717, 1.165) is 18.9 Å². The highest BCUT2D eigenvalue weighted by molar-refractivity contribution is 5.98. The number of alkyl halides is 2. The predicted molar refractivity (Wildman–Crippen MR) is 76.5 cm³/mol. The molecule has 0 saturated carbocycles. The Bertz CT molecular complexity index is 619. The number of carbonyl (C=O) groups is 2. The van der Waals surface area contributed by atoms with Crippen molar-refractivity contribution < 1.29 is 27.8 Å². The molecule has 3 rings (SSSR count). The molecule has 2 aliphatic rings. The number of hydrogen-bond donors (Lipinski definition) is 0. The van der Waals surface area contributed by atoms with Crippen molar-refractivity contribution in [2.24, 2.45) is 0 Å². The number of hydrogen-bond acceptors (Lipinski definition) is 4. The molecule has 0 aliphatic carbocycles. The molecule has 1 aromatic rings. The molecular formula is C16H17F2NO4. The van der Waals surface area contributed by atoms with Crippen molar-refractivity contribution in [1.82, 2.24) is 4.90 Å². The van der Waals surface area contributed by atoms with Gasteiger partial charge in [-0.25, -0.2) is 13.6 Å². The van der Waals surface area contributed by atoms with Crippen LogP contribution in [0.4, 0.5) is 8.78 Å². The Morgan fingerprint density at radius 2 is 1.91 bits per heavy atom. The highest BCUT2D eigenvalue weighted by atomic mass is 19.3. The monoisotopic (exact) mass is 325 g/mol. The molecule has 0 aromatic heterocycles. The molecule has 2 fully saturated rings.